The second kappa shape index (κ2) is 5.71. The van der Waals surface area contributed by atoms with Gasteiger partial charge in [-0.25, -0.2) is 4.98 Å². The van der Waals surface area contributed by atoms with E-state index in [0.717, 1.165) is 47.3 Å². The molecule has 2 saturated carbocycles. The third-order valence-electron chi connectivity index (χ3n) is 8.32. The summed E-state index contributed by atoms with van der Waals surface area (Å²) in [6.45, 7) is 6.88. The molecule has 3 aliphatic rings. The van der Waals surface area contributed by atoms with E-state index >= 15 is 0 Å². The van der Waals surface area contributed by atoms with Crippen LogP contribution in [0, 0.1) is 16.2 Å². The summed E-state index contributed by atoms with van der Waals surface area (Å²) in [6, 6.07) is 7.99. The Balaban J connectivity index is 1.47. The summed E-state index contributed by atoms with van der Waals surface area (Å²) in [5.41, 5.74) is 3.70. The van der Waals surface area contributed by atoms with Crippen molar-refractivity contribution in [2.75, 3.05) is 18.7 Å². The van der Waals surface area contributed by atoms with Crippen LogP contribution >= 0.6 is 0 Å². The van der Waals surface area contributed by atoms with Crippen molar-refractivity contribution in [1.29, 1.82) is 0 Å². The number of methoxy groups -OCH3 is 1. The second-order valence-electron chi connectivity index (χ2n) is 9.51. The number of fused-ring (bicyclic) bond motifs is 4. The number of benzene rings is 1. The van der Waals surface area contributed by atoms with E-state index in [1.165, 1.54) is 0 Å². The number of carbonyl (C=O) groups is 2. The summed E-state index contributed by atoms with van der Waals surface area (Å²) >= 11 is 0. The zero-order valence-electron chi connectivity index (χ0n) is 17.5. The maximum atomic E-state index is 13.5. The molecule has 0 saturated heterocycles. The topological polar surface area (TPSA) is 71.5 Å². The van der Waals surface area contributed by atoms with E-state index in [9.17, 15) is 9.59 Å². The average Bonchev–Trinajstić information content (AvgIpc) is 3.22. The third-order valence-corrected chi connectivity index (χ3v) is 8.32. The van der Waals surface area contributed by atoms with Crippen LogP contribution in [0.15, 0.2) is 24.3 Å². The molecule has 0 spiro atoms. The minimum Gasteiger partial charge on any atom is -0.497 e. The zero-order chi connectivity index (χ0) is 20.6. The molecule has 2 aliphatic carbocycles. The molecule has 29 heavy (non-hydrogen) atoms. The fourth-order valence-electron chi connectivity index (χ4n) is 5.76. The standard InChI is InChI=1S/C23H27N3O3/c1-21(2)22(3)8-9-23(21,13-18(22)27)20(28)25-26-10-7-15-11-14-5-6-16(29-4)12-17(14)24-19(15)26/h5-6,11-12H,7-10,13H2,1-4H3,(H,25,28)/t22-,23+/m0/s1. The summed E-state index contributed by atoms with van der Waals surface area (Å²) in [6.07, 6.45) is 2.71. The van der Waals surface area contributed by atoms with Gasteiger partial charge < -0.3 is 4.74 Å². The first-order valence-electron chi connectivity index (χ1n) is 10.3. The number of pyridine rings is 1. The number of anilines is 1. The molecule has 2 fully saturated rings. The Morgan fingerprint density at radius 1 is 1.21 bits per heavy atom. The number of carbonyl (C=O) groups excluding carboxylic acids is 2. The van der Waals surface area contributed by atoms with Gasteiger partial charge in [0.2, 0.25) is 5.91 Å². The van der Waals surface area contributed by atoms with Crippen LogP contribution in [0.4, 0.5) is 5.82 Å². The van der Waals surface area contributed by atoms with Gasteiger partial charge in [-0.15, -0.1) is 0 Å². The number of ether oxygens (including phenoxy) is 1. The Morgan fingerprint density at radius 2 is 2.00 bits per heavy atom. The number of hydrogen-bond acceptors (Lipinski definition) is 5. The number of nitrogens with zero attached hydrogens (tertiary/aromatic N) is 2. The van der Waals surface area contributed by atoms with E-state index in [0.29, 0.717) is 13.0 Å². The Labute approximate surface area is 170 Å². The van der Waals surface area contributed by atoms with Crippen molar-refractivity contribution in [3.63, 3.8) is 0 Å². The molecule has 2 atom stereocenters. The van der Waals surface area contributed by atoms with Gasteiger partial charge in [0.05, 0.1) is 18.0 Å². The van der Waals surface area contributed by atoms with Crippen molar-refractivity contribution >= 4 is 28.4 Å². The maximum absolute atomic E-state index is 13.5. The highest BCUT2D eigenvalue weighted by atomic mass is 16.5. The highest BCUT2D eigenvalue weighted by Crippen LogP contribution is 2.70. The number of rotatable bonds is 3. The minimum atomic E-state index is -0.637. The van der Waals surface area contributed by atoms with Gasteiger partial charge in [0, 0.05) is 29.8 Å². The Kier molecular flexibility index (Phi) is 3.62. The Bertz CT molecular complexity index is 1060. The van der Waals surface area contributed by atoms with Gasteiger partial charge in [-0.05, 0) is 48.4 Å². The lowest BCUT2D eigenvalue weighted by Gasteiger charge is -2.39. The maximum Gasteiger partial charge on any atom is 0.245 e. The molecule has 2 bridgehead atoms. The molecule has 0 radical (unpaired) electrons. The van der Waals surface area contributed by atoms with Crippen molar-refractivity contribution in [2.45, 2.75) is 46.5 Å². The molecule has 6 heteroatoms. The van der Waals surface area contributed by atoms with E-state index in [1.54, 1.807) is 7.11 Å². The van der Waals surface area contributed by atoms with Gasteiger partial charge in [0.15, 0.2) is 5.82 Å². The lowest BCUT2D eigenvalue weighted by molar-refractivity contribution is -0.136. The lowest BCUT2D eigenvalue weighted by atomic mass is 9.64. The molecular formula is C23H27N3O3. The molecule has 5 rings (SSSR count). The van der Waals surface area contributed by atoms with Gasteiger partial charge in [0.1, 0.15) is 11.5 Å². The SMILES string of the molecule is COc1ccc2cc3c(nc2c1)N(NC(=O)[C@@]12CC[C@@](C)(C(=O)C1)C2(C)C)CC3. The predicted octanol–water partition coefficient (Wildman–Crippen LogP) is 3.42. The molecule has 152 valence electrons. The van der Waals surface area contributed by atoms with Gasteiger partial charge in [0.25, 0.3) is 0 Å². The number of nitrogens with one attached hydrogen (secondary N) is 1. The molecule has 1 aliphatic heterocycles. The van der Waals surface area contributed by atoms with Crippen LogP contribution in [0.1, 0.15) is 45.6 Å². The normalized spacial score (nSPS) is 29.4. The molecule has 6 nitrogen and oxygen atoms in total. The quantitative estimate of drug-likeness (QED) is 0.865. The van der Waals surface area contributed by atoms with Crippen LogP contribution in [-0.2, 0) is 16.0 Å². The number of amides is 1. The largest absolute Gasteiger partial charge is 0.497 e. The third kappa shape index (κ3) is 2.20. The van der Waals surface area contributed by atoms with Crippen molar-refractivity contribution in [3.8, 4) is 5.75 Å². The van der Waals surface area contributed by atoms with Crippen LogP contribution in [0.5, 0.6) is 5.75 Å². The Morgan fingerprint density at radius 3 is 2.66 bits per heavy atom. The fraction of sp³-hybridized carbons (Fsp3) is 0.522. The average molecular weight is 393 g/mol. The number of hydrogen-bond donors (Lipinski definition) is 1. The molecule has 1 amide bonds. The van der Waals surface area contributed by atoms with Crippen molar-refractivity contribution in [3.05, 3.63) is 29.8 Å². The first kappa shape index (κ1) is 18.4. The summed E-state index contributed by atoms with van der Waals surface area (Å²) in [5.74, 6) is 1.73. The second-order valence-corrected chi connectivity index (χ2v) is 9.51. The first-order chi connectivity index (χ1) is 13.7. The van der Waals surface area contributed by atoms with Crippen molar-refractivity contribution in [1.82, 2.24) is 10.4 Å². The highest BCUT2D eigenvalue weighted by Gasteiger charge is 2.72. The molecule has 2 heterocycles. The van der Waals surface area contributed by atoms with Crippen molar-refractivity contribution < 1.29 is 14.3 Å². The predicted molar refractivity (Wildman–Crippen MR) is 111 cm³/mol. The number of Topliss-reactive ketones (excluding diaryl/α,β-unsaturated/α-hetero) is 1. The zero-order valence-corrected chi connectivity index (χ0v) is 17.5. The van der Waals surface area contributed by atoms with Crippen LogP contribution in [-0.4, -0.2) is 30.3 Å². The summed E-state index contributed by atoms with van der Waals surface area (Å²) in [5, 5.41) is 2.92. The smallest absolute Gasteiger partial charge is 0.245 e. The van der Waals surface area contributed by atoms with Crippen molar-refractivity contribution in [2.24, 2.45) is 16.2 Å². The number of aromatic nitrogens is 1. The summed E-state index contributed by atoms with van der Waals surface area (Å²) < 4.78 is 5.32. The van der Waals surface area contributed by atoms with E-state index in [1.807, 2.05) is 30.1 Å². The van der Waals surface area contributed by atoms with E-state index in [4.69, 9.17) is 9.72 Å². The number of hydrazine groups is 1. The molecule has 1 N–H and O–H groups in total. The molecule has 2 aromatic rings. The van der Waals surface area contributed by atoms with Gasteiger partial charge >= 0.3 is 0 Å². The van der Waals surface area contributed by atoms with E-state index in [2.05, 4.69) is 25.3 Å². The fourth-order valence-corrected chi connectivity index (χ4v) is 5.76. The van der Waals surface area contributed by atoms with Gasteiger partial charge in [-0.2, -0.15) is 0 Å². The van der Waals surface area contributed by atoms with Crippen LogP contribution in [0.3, 0.4) is 0 Å². The van der Waals surface area contributed by atoms with E-state index in [-0.39, 0.29) is 17.1 Å². The van der Waals surface area contributed by atoms with Crippen LogP contribution < -0.4 is 15.2 Å². The molecule has 1 aromatic carbocycles. The van der Waals surface area contributed by atoms with Crippen LogP contribution in [0.2, 0.25) is 0 Å². The van der Waals surface area contributed by atoms with Gasteiger partial charge in [-0.1, -0.05) is 20.8 Å². The minimum absolute atomic E-state index is 0.0440. The Hall–Kier alpha value is -2.63. The molecule has 0 unspecified atom stereocenters. The number of ketones is 1. The van der Waals surface area contributed by atoms with E-state index < -0.39 is 10.8 Å². The highest BCUT2D eigenvalue weighted by molar-refractivity contribution is 6.00. The summed E-state index contributed by atoms with van der Waals surface area (Å²) in [4.78, 5) is 31.0. The molecule has 1 aromatic heterocycles. The van der Waals surface area contributed by atoms with Gasteiger partial charge in [-0.3, -0.25) is 20.0 Å². The van der Waals surface area contributed by atoms with Crippen LogP contribution in [0.25, 0.3) is 10.9 Å². The first-order valence-corrected chi connectivity index (χ1v) is 10.3. The lowest BCUT2D eigenvalue weighted by Crippen LogP contribution is -2.52. The monoisotopic (exact) mass is 393 g/mol. The summed E-state index contributed by atoms with van der Waals surface area (Å²) in [7, 11) is 1.64. The molecular weight excluding hydrogens is 366 g/mol.